The van der Waals surface area contributed by atoms with Crippen LogP contribution >= 0.6 is 0 Å². The molecule has 1 aromatic rings. The standard InChI is InChI=1S/C21H32N2O/c1-4-5-6-7-11-23-13-19-20(14-23)21(19,15-22-17(3)24)18-10-8-9-16(2)12-18/h8-10,12,19-20H,4-7,11,13-15H2,1-3H3,(H,22,24). The van der Waals surface area contributed by atoms with Crippen molar-refractivity contribution in [1.29, 1.82) is 0 Å². The molecule has 1 saturated carbocycles. The Hall–Kier alpha value is -1.35. The molecule has 1 aromatic carbocycles. The number of hydrogen-bond donors (Lipinski definition) is 1. The number of piperidine rings is 1. The van der Waals surface area contributed by atoms with Gasteiger partial charge < -0.3 is 10.2 Å². The smallest absolute Gasteiger partial charge is 0.216 e. The first-order valence-electron chi connectivity index (χ1n) is 9.62. The molecule has 1 amide bonds. The summed E-state index contributed by atoms with van der Waals surface area (Å²) in [6, 6.07) is 8.91. The van der Waals surface area contributed by atoms with Crippen LogP contribution in [-0.4, -0.2) is 37.0 Å². The van der Waals surface area contributed by atoms with Crippen molar-refractivity contribution in [1.82, 2.24) is 10.2 Å². The summed E-state index contributed by atoms with van der Waals surface area (Å²) in [5.41, 5.74) is 2.92. The lowest BCUT2D eigenvalue weighted by Crippen LogP contribution is -2.38. The van der Waals surface area contributed by atoms with Crippen molar-refractivity contribution >= 4 is 5.91 Å². The number of fused-ring (bicyclic) bond motifs is 1. The highest BCUT2D eigenvalue weighted by atomic mass is 16.1. The molecule has 2 atom stereocenters. The van der Waals surface area contributed by atoms with Gasteiger partial charge in [-0.25, -0.2) is 0 Å². The van der Waals surface area contributed by atoms with Crippen molar-refractivity contribution in [2.45, 2.75) is 51.9 Å². The molecule has 132 valence electrons. The number of carbonyl (C=O) groups is 1. The minimum atomic E-state index is 0.0865. The molecule has 3 nitrogen and oxygen atoms in total. The zero-order valence-corrected chi connectivity index (χ0v) is 15.5. The van der Waals surface area contributed by atoms with Gasteiger partial charge in [-0.05, 0) is 37.3 Å². The van der Waals surface area contributed by atoms with Gasteiger partial charge in [0.15, 0.2) is 0 Å². The molecule has 0 radical (unpaired) electrons. The second-order valence-corrected chi connectivity index (χ2v) is 7.85. The molecule has 1 aliphatic heterocycles. The number of rotatable bonds is 8. The molecule has 3 rings (SSSR count). The van der Waals surface area contributed by atoms with E-state index in [1.807, 2.05) is 0 Å². The van der Waals surface area contributed by atoms with Crippen LogP contribution in [0.4, 0.5) is 0 Å². The molecular weight excluding hydrogens is 296 g/mol. The number of amides is 1. The summed E-state index contributed by atoms with van der Waals surface area (Å²) in [6.45, 7) is 10.5. The van der Waals surface area contributed by atoms with E-state index in [1.54, 1.807) is 6.92 Å². The highest BCUT2D eigenvalue weighted by Gasteiger charge is 2.68. The fourth-order valence-corrected chi connectivity index (χ4v) is 4.76. The SMILES string of the molecule is CCCCCCN1CC2C(C1)C2(CNC(C)=O)c1cccc(C)c1. The van der Waals surface area contributed by atoms with Crippen molar-refractivity contribution in [3.63, 3.8) is 0 Å². The first-order valence-corrected chi connectivity index (χ1v) is 9.62. The molecule has 0 spiro atoms. The first-order chi connectivity index (χ1) is 11.6. The molecule has 0 aromatic heterocycles. The molecule has 24 heavy (non-hydrogen) atoms. The van der Waals surface area contributed by atoms with E-state index < -0.39 is 0 Å². The molecular formula is C21H32N2O. The minimum Gasteiger partial charge on any atom is -0.355 e. The summed E-state index contributed by atoms with van der Waals surface area (Å²) in [7, 11) is 0. The predicted molar refractivity (Wildman–Crippen MR) is 99.1 cm³/mol. The van der Waals surface area contributed by atoms with Gasteiger partial charge >= 0.3 is 0 Å². The molecule has 2 aliphatic rings. The van der Waals surface area contributed by atoms with Gasteiger partial charge in [0.1, 0.15) is 0 Å². The lowest BCUT2D eigenvalue weighted by Gasteiger charge is -2.27. The first kappa shape index (κ1) is 17.5. The topological polar surface area (TPSA) is 32.3 Å². The summed E-state index contributed by atoms with van der Waals surface area (Å²) < 4.78 is 0. The van der Waals surface area contributed by atoms with Crippen LogP contribution in [0.3, 0.4) is 0 Å². The quantitative estimate of drug-likeness (QED) is 0.741. The summed E-state index contributed by atoms with van der Waals surface area (Å²) in [5.74, 6) is 1.50. The van der Waals surface area contributed by atoms with Crippen LogP contribution in [0.1, 0.15) is 50.7 Å². The number of hydrogen-bond acceptors (Lipinski definition) is 2. The Morgan fingerprint density at radius 3 is 2.62 bits per heavy atom. The van der Waals surface area contributed by atoms with Gasteiger partial charge in [-0.2, -0.15) is 0 Å². The molecule has 2 unspecified atom stereocenters. The largest absolute Gasteiger partial charge is 0.355 e. The van der Waals surface area contributed by atoms with Gasteiger partial charge in [0.05, 0.1) is 0 Å². The van der Waals surface area contributed by atoms with E-state index in [9.17, 15) is 4.79 Å². The van der Waals surface area contributed by atoms with E-state index in [-0.39, 0.29) is 11.3 Å². The zero-order valence-electron chi connectivity index (χ0n) is 15.5. The maximum Gasteiger partial charge on any atom is 0.216 e. The number of unbranched alkanes of at least 4 members (excludes halogenated alkanes) is 3. The second kappa shape index (κ2) is 7.26. The maximum atomic E-state index is 11.5. The van der Waals surface area contributed by atoms with Crippen molar-refractivity contribution in [3.05, 3.63) is 35.4 Å². The van der Waals surface area contributed by atoms with Crippen LogP contribution < -0.4 is 5.32 Å². The molecule has 0 bridgehead atoms. The number of benzene rings is 1. The fraction of sp³-hybridized carbons (Fsp3) is 0.667. The average Bonchev–Trinajstić information content (AvgIpc) is 2.93. The highest BCUT2D eigenvalue weighted by molar-refractivity contribution is 5.73. The van der Waals surface area contributed by atoms with E-state index in [0.29, 0.717) is 11.8 Å². The maximum absolute atomic E-state index is 11.5. The lowest BCUT2D eigenvalue weighted by molar-refractivity contribution is -0.119. The molecule has 1 aliphatic carbocycles. The van der Waals surface area contributed by atoms with E-state index >= 15 is 0 Å². The van der Waals surface area contributed by atoms with Crippen LogP contribution in [0.25, 0.3) is 0 Å². The van der Waals surface area contributed by atoms with Gasteiger partial charge in [0.25, 0.3) is 0 Å². The minimum absolute atomic E-state index is 0.0865. The summed E-state index contributed by atoms with van der Waals surface area (Å²) in [6.07, 6.45) is 5.35. The third-order valence-corrected chi connectivity index (χ3v) is 6.12. The Kier molecular flexibility index (Phi) is 5.29. The Labute approximate surface area is 146 Å². The molecule has 1 saturated heterocycles. The van der Waals surface area contributed by atoms with Crippen molar-refractivity contribution < 1.29 is 4.79 Å². The molecule has 1 heterocycles. The van der Waals surface area contributed by atoms with Gasteiger partial charge in [-0.3, -0.25) is 4.79 Å². The predicted octanol–water partition coefficient (Wildman–Crippen LogP) is 3.51. The third-order valence-electron chi connectivity index (χ3n) is 6.12. The van der Waals surface area contributed by atoms with E-state index in [1.165, 1.54) is 56.4 Å². The molecule has 2 fully saturated rings. The highest BCUT2D eigenvalue weighted by Crippen LogP contribution is 2.63. The van der Waals surface area contributed by atoms with Crippen LogP contribution in [0.2, 0.25) is 0 Å². The van der Waals surface area contributed by atoms with Gasteiger partial charge in [0.2, 0.25) is 5.91 Å². The Morgan fingerprint density at radius 2 is 2.00 bits per heavy atom. The Bertz CT molecular complexity index is 571. The van der Waals surface area contributed by atoms with Crippen molar-refractivity contribution in [2.75, 3.05) is 26.2 Å². The van der Waals surface area contributed by atoms with Crippen LogP contribution in [0.5, 0.6) is 0 Å². The van der Waals surface area contributed by atoms with Crippen molar-refractivity contribution in [2.24, 2.45) is 11.8 Å². The summed E-state index contributed by atoms with van der Waals surface area (Å²) in [4.78, 5) is 14.1. The van der Waals surface area contributed by atoms with Gasteiger partial charge in [-0.1, -0.05) is 56.0 Å². The number of nitrogens with zero attached hydrogens (tertiary/aromatic N) is 1. The Morgan fingerprint density at radius 1 is 1.25 bits per heavy atom. The molecule has 3 heteroatoms. The monoisotopic (exact) mass is 328 g/mol. The van der Waals surface area contributed by atoms with E-state index in [0.717, 1.165) is 6.54 Å². The number of carbonyl (C=O) groups excluding carboxylic acids is 1. The van der Waals surface area contributed by atoms with Crippen LogP contribution in [0.15, 0.2) is 24.3 Å². The third kappa shape index (κ3) is 3.37. The van der Waals surface area contributed by atoms with E-state index in [2.05, 4.69) is 48.3 Å². The Balaban J connectivity index is 1.65. The van der Waals surface area contributed by atoms with Crippen molar-refractivity contribution in [3.8, 4) is 0 Å². The fourth-order valence-electron chi connectivity index (χ4n) is 4.76. The van der Waals surface area contributed by atoms with Crippen LogP contribution in [-0.2, 0) is 10.2 Å². The lowest BCUT2D eigenvalue weighted by atomic mass is 9.88. The number of aryl methyl sites for hydroxylation is 1. The number of likely N-dealkylation sites (tertiary alicyclic amines) is 1. The zero-order chi connectivity index (χ0) is 17.2. The summed E-state index contributed by atoms with van der Waals surface area (Å²) in [5, 5.41) is 3.11. The average molecular weight is 329 g/mol. The molecule has 1 N–H and O–H groups in total. The van der Waals surface area contributed by atoms with Crippen LogP contribution in [0, 0.1) is 18.8 Å². The van der Waals surface area contributed by atoms with E-state index in [4.69, 9.17) is 0 Å². The van der Waals surface area contributed by atoms with Gasteiger partial charge in [0, 0.05) is 32.0 Å². The second-order valence-electron chi connectivity index (χ2n) is 7.85. The van der Waals surface area contributed by atoms with Gasteiger partial charge in [-0.15, -0.1) is 0 Å². The number of nitrogens with one attached hydrogen (secondary N) is 1. The summed E-state index contributed by atoms with van der Waals surface area (Å²) >= 11 is 0. The normalized spacial score (nSPS) is 28.6.